The molecule has 5 aliphatic rings. The first-order valence-corrected chi connectivity index (χ1v) is 11.1. The zero-order valence-electron chi connectivity index (χ0n) is 15.2. The van der Waals surface area contributed by atoms with Crippen molar-refractivity contribution in [3.63, 3.8) is 0 Å². The molecule has 5 aliphatic carbocycles. The number of hydrogen-bond donors (Lipinski definition) is 0. The summed E-state index contributed by atoms with van der Waals surface area (Å²) in [6.07, 6.45) is 12.3. The van der Waals surface area contributed by atoms with Crippen LogP contribution in [-0.4, -0.2) is 0 Å². The van der Waals surface area contributed by atoms with Crippen LogP contribution in [0.5, 0.6) is 0 Å². The smallest absolute Gasteiger partial charge is 0.00470 e. The Morgan fingerprint density at radius 1 is 0.808 bits per heavy atom. The van der Waals surface area contributed by atoms with E-state index in [1.54, 1.807) is 5.56 Å². The van der Waals surface area contributed by atoms with Crippen LogP contribution in [0.3, 0.4) is 0 Å². The van der Waals surface area contributed by atoms with Crippen molar-refractivity contribution in [1.82, 2.24) is 0 Å². The summed E-state index contributed by atoms with van der Waals surface area (Å²) in [7, 11) is 0. The minimum Gasteiger partial charge on any atom is -0.0613 e. The molecule has 4 fully saturated rings. The minimum atomic E-state index is 0.509. The Hall–Kier alpha value is -1.34. The van der Waals surface area contributed by atoms with E-state index in [1.165, 1.54) is 65.3 Å². The molecule has 0 N–H and O–H groups in total. The summed E-state index contributed by atoms with van der Waals surface area (Å²) in [6.45, 7) is 0. The van der Waals surface area contributed by atoms with E-state index in [2.05, 4.69) is 64.5 Å². The maximum absolute atomic E-state index is 3.69. The van der Waals surface area contributed by atoms with Gasteiger partial charge in [0.1, 0.15) is 0 Å². The van der Waals surface area contributed by atoms with Crippen LogP contribution in [0.15, 0.2) is 46.9 Å². The van der Waals surface area contributed by atoms with Crippen LogP contribution in [-0.2, 0) is 11.8 Å². The molecular weight excluding hydrogens is 380 g/mol. The predicted octanol–water partition coefficient (Wildman–Crippen LogP) is 7.11. The molecule has 0 radical (unpaired) electrons. The van der Waals surface area contributed by atoms with Gasteiger partial charge in [0.05, 0.1) is 0 Å². The van der Waals surface area contributed by atoms with E-state index in [0.717, 1.165) is 24.2 Å². The van der Waals surface area contributed by atoms with Gasteiger partial charge in [-0.3, -0.25) is 0 Å². The minimum absolute atomic E-state index is 0.509. The first-order valence-electron chi connectivity index (χ1n) is 10.3. The van der Waals surface area contributed by atoms with Gasteiger partial charge in [0.25, 0.3) is 0 Å². The van der Waals surface area contributed by atoms with Crippen molar-refractivity contribution in [3.8, 4) is 11.1 Å². The third kappa shape index (κ3) is 2.32. The molecule has 0 amide bonds. The maximum Gasteiger partial charge on any atom is 0.00470 e. The van der Waals surface area contributed by atoms with Crippen molar-refractivity contribution < 1.29 is 0 Å². The summed E-state index contributed by atoms with van der Waals surface area (Å²) in [5, 5.41) is 0. The molecule has 0 unspecified atom stereocenters. The Labute approximate surface area is 164 Å². The number of fused-ring (bicyclic) bond motifs is 1. The van der Waals surface area contributed by atoms with Crippen LogP contribution < -0.4 is 0 Å². The van der Waals surface area contributed by atoms with Crippen molar-refractivity contribution in [2.24, 2.45) is 17.8 Å². The zero-order chi connectivity index (χ0) is 17.3. The number of benzene rings is 2. The van der Waals surface area contributed by atoms with Gasteiger partial charge in [0.2, 0.25) is 0 Å². The highest BCUT2D eigenvalue weighted by molar-refractivity contribution is 9.11. The Kier molecular flexibility index (Phi) is 3.37. The number of allylic oxidation sites excluding steroid dienone is 1. The third-order valence-electron chi connectivity index (χ3n) is 7.70. The van der Waals surface area contributed by atoms with Crippen LogP contribution in [0, 0.1) is 17.8 Å². The highest BCUT2D eigenvalue weighted by Crippen LogP contribution is 2.60. The van der Waals surface area contributed by atoms with Gasteiger partial charge >= 0.3 is 0 Å². The first-order chi connectivity index (χ1) is 12.7. The highest BCUT2D eigenvalue weighted by atomic mass is 79.9. The topological polar surface area (TPSA) is 0 Å². The molecule has 132 valence electrons. The van der Waals surface area contributed by atoms with E-state index in [9.17, 15) is 0 Å². The van der Waals surface area contributed by atoms with Gasteiger partial charge in [-0.2, -0.15) is 0 Å². The molecule has 7 rings (SSSR count). The van der Waals surface area contributed by atoms with Crippen LogP contribution in [0.2, 0.25) is 0 Å². The quantitative estimate of drug-likeness (QED) is 0.499. The molecule has 0 saturated heterocycles. The number of hydrogen-bond acceptors (Lipinski definition) is 0. The predicted molar refractivity (Wildman–Crippen MR) is 112 cm³/mol. The van der Waals surface area contributed by atoms with E-state index in [-0.39, 0.29) is 0 Å². The van der Waals surface area contributed by atoms with E-state index in [0.29, 0.717) is 5.41 Å². The molecule has 2 aromatic carbocycles. The van der Waals surface area contributed by atoms with Gasteiger partial charge in [-0.05, 0) is 95.6 Å². The highest BCUT2D eigenvalue weighted by Gasteiger charge is 2.51. The molecule has 2 aromatic rings. The van der Waals surface area contributed by atoms with E-state index in [1.807, 2.05) is 0 Å². The average molecular weight is 405 g/mol. The number of rotatable bonds is 2. The molecule has 0 aromatic heterocycles. The zero-order valence-corrected chi connectivity index (χ0v) is 16.8. The van der Waals surface area contributed by atoms with Crippen LogP contribution in [0.25, 0.3) is 17.2 Å². The van der Waals surface area contributed by atoms with Crippen molar-refractivity contribution in [2.75, 3.05) is 0 Å². The molecule has 0 aliphatic heterocycles. The SMILES string of the molecule is BrC1=Cc2c(cccc2-c2ccc(C34CC5CC(CC(C5)C3)C4)cc2)C1. The molecule has 4 bridgehead atoms. The summed E-state index contributed by atoms with van der Waals surface area (Å²) in [6, 6.07) is 16.5. The second-order valence-electron chi connectivity index (χ2n) is 9.42. The largest absolute Gasteiger partial charge is 0.0613 e. The van der Waals surface area contributed by atoms with Crippen LogP contribution in [0.4, 0.5) is 0 Å². The normalized spacial score (nSPS) is 34.0. The van der Waals surface area contributed by atoms with Crippen molar-refractivity contribution in [2.45, 2.75) is 50.4 Å². The van der Waals surface area contributed by atoms with E-state index in [4.69, 9.17) is 0 Å². The molecule has 0 nitrogen and oxygen atoms in total. The molecular formula is C25H25Br. The van der Waals surface area contributed by atoms with Gasteiger partial charge in [-0.1, -0.05) is 58.4 Å². The standard InChI is InChI=1S/C25H25Br/c26-22-11-20-2-1-3-23(24(20)12-22)19-4-6-21(7-5-19)25-13-16-8-17(14-25)10-18(9-16)15-25/h1-7,12,16-18H,8-11,13-15H2. The lowest BCUT2D eigenvalue weighted by Crippen LogP contribution is -2.48. The molecule has 4 saturated carbocycles. The summed E-state index contributed by atoms with van der Waals surface area (Å²) in [5.74, 6) is 3.04. The summed E-state index contributed by atoms with van der Waals surface area (Å²) < 4.78 is 1.30. The Balaban J connectivity index is 1.37. The third-order valence-corrected chi connectivity index (χ3v) is 8.21. The molecule has 0 heterocycles. The fourth-order valence-corrected chi connectivity index (χ4v) is 7.58. The van der Waals surface area contributed by atoms with Crippen molar-refractivity contribution in [3.05, 3.63) is 63.6 Å². The Morgan fingerprint density at radius 3 is 2.12 bits per heavy atom. The molecule has 0 spiro atoms. The second kappa shape index (κ2) is 5.58. The van der Waals surface area contributed by atoms with E-state index < -0.39 is 0 Å². The van der Waals surface area contributed by atoms with E-state index >= 15 is 0 Å². The second-order valence-corrected chi connectivity index (χ2v) is 10.4. The first kappa shape index (κ1) is 15.7. The fourth-order valence-electron chi connectivity index (χ4n) is 7.05. The Morgan fingerprint density at radius 2 is 1.46 bits per heavy atom. The fraction of sp³-hybridized carbons (Fsp3) is 0.440. The molecule has 26 heavy (non-hydrogen) atoms. The van der Waals surface area contributed by atoms with Gasteiger partial charge in [-0.25, -0.2) is 0 Å². The molecule has 0 atom stereocenters. The number of halogens is 1. The summed E-state index contributed by atoms with van der Waals surface area (Å²) >= 11 is 3.69. The average Bonchev–Trinajstić information content (AvgIpc) is 3.01. The van der Waals surface area contributed by atoms with Crippen molar-refractivity contribution >= 4 is 22.0 Å². The lowest BCUT2D eigenvalue weighted by atomic mass is 9.48. The van der Waals surface area contributed by atoms with Gasteiger partial charge in [-0.15, -0.1) is 0 Å². The lowest BCUT2D eigenvalue weighted by molar-refractivity contribution is -0.00518. The monoisotopic (exact) mass is 404 g/mol. The Bertz CT molecular complexity index is 867. The van der Waals surface area contributed by atoms with Gasteiger partial charge < -0.3 is 0 Å². The van der Waals surface area contributed by atoms with Gasteiger partial charge in [0.15, 0.2) is 0 Å². The summed E-state index contributed by atoms with van der Waals surface area (Å²) in [5.41, 5.74) is 7.74. The van der Waals surface area contributed by atoms with Gasteiger partial charge in [0, 0.05) is 10.9 Å². The summed E-state index contributed by atoms with van der Waals surface area (Å²) in [4.78, 5) is 0. The molecule has 1 heteroatoms. The lowest BCUT2D eigenvalue weighted by Gasteiger charge is -2.57. The van der Waals surface area contributed by atoms with Crippen LogP contribution in [0.1, 0.15) is 55.2 Å². The van der Waals surface area contributed by atoms with Crippen LogP contribution >= 0.6 is 15.9 Å². The maximum atomic E-state index is 3.69. The van der Waals surface area contributed by atoms with Crippen molar-refractivity contribution in [1.29, 1.82) is 0 Å².